The molecule has 1 aliphatic heterocycles. The van der Waals surface area contributed by atoms with Gasteiger partial charge in [-0.05, 0) is 44.4 Å². The molecule has 0 spiro atoms. The molecule has 0 saturated carbocycles. The van der Waals surface area contributed by atoms with Crippen LogP contribution in [-0.4, -0.2) is 40.1 Å². The Labute approximate surface area is 170 Å². The first-order valence-electron chi connectivity index (χ1n) is 10.2. The summed E-state index contributed by atoms with van der Waals surface area (Å²) < 4.78 is 5.53. The number of fused-ring (bicyclic) bond motifs is 1. The average Bonchev–Trinajstić information content (AvgIpc) is 2.74. The maximum atomic E-state index is 13.3. The fourth-order valence-corrected chi connectivity index (χ4v) is 3.82. The van der Waals surface area contributed by atoms with Crippen LogP contribution in [0.15, 0.2) is 30.6 Å². The van der Waals surface area contributed by atoms with E-state index in [2.05, 4.69) is 15.3 Å². The number of carbonyl (C=O) groups excluding carboxylic acids is 1. The summed E-state index contributed by atoms with van der Waals surface area (Å²) in [5.74, 6) is 0.710. The van der Waals surface area contributed by atoms with E-state index in [1.165, 1.54) is 0 Å². The molecule has 150 valence electrons. The molecule has 29 heavy (non-hydrogen) atoms. The van der Waals surface area contributed by atoms with Gasteiger partial charge in [0.15, 0.2) is 0 Å². The third-order valence-electron chi connectivity index (χ3n) is 5.40. The van der Waals surface area contributed by atoms with Gasteiger partial charge in [0, 0.05) is 36.4 Å². The SMILES string of the molecule is CCc1ncc(-c2nc3ccc(C)cc3c(C(=O)N[C@H]3CCCOC3)c2C)cn1. The van der Waals surface area contributed by atoms with Crippen LogP contribution in [0.3, 0.4) is 0 Å². The number of carbonyl (C=O) groups is 1. The highest BCUT2D eigenvalue weighted by molar-refractivity contribution is 6.09. The first-order chi connectivity index (χ1) is 14.1. The summed E-state index contributed by atoms with van der Waals surface area (Å²) in [6.07, 6.45) is 6.26. The molecule has 0 unspecified atom stereocenters. The summed E-state index contributed by atoms with van der Waals surface area (Å²) in [7, 11) is 0. The van der Waals surface area contributed by atoms with E-state index in [1.54, 1.807) is 12.4 Å². The van der Waals surface area contributed by atoms with Crippen molar-refractivity contribution in [3.05, 3.63) is 53.1 Å². The van der Waals surface area contributed by atoms with Gasteiger partial charge >= 0.3 is 0 Å². The van der Waals surface area contributed by atoms with E-state index in [1.807, 2.05) is 39.0 Å². The molecule has 3 heterocycles. The van der Waals surface area contributed by atoms with E-state index in [4.69, 9.17) is 9.72 Å². The van der Waals surface area contributed by atoms with Crippen molar-refractivity contribution in [2.75, 3.05) is 13.2 Å². The lowest BCUT2D eigenvalue weighted by Gasteiger charge is -2.24. The summed E-state index contributed by atoms with van der Waals surface area (Å²) >= 11 is 0. The van der Waals surface area contributed by atoms with Gasteiger partial charge in [-0.15, -0.1) is 0 Å². The van der Waals surface area contributed by atoms with Crippen LogP contribution < -0.4 is 5.32 Å². The summed E-state index contributed by atoms with van der Waals surface area (Å²) in [4.78, 5) is 27.0. The van der Waals surface area contributed by atoms with Crippen molar-refractivity contribution in [2.24, 2.45) is 0 Å². The summed E-state index contributed by atoms with van der Waals surface area (Å²) in [6.45, 7) is 7.32. The fourth-order valence-electron chi connectivity index (χ4n) is 3.82. The van der Waals surface area contributed by atoms with Gasteiger partial charge in [-0.2, -0.15) is 0 Å². The van der Waals surface area contributed by atoms with Crippen molar-refractivity contribution in [3.63, 3.8) is 0 Å². The fraction of sp³-hybridized carbons (Fsp3) is 0.391. The number of hydrogen-bond acceptors (Lipinski definition) is 5. The van der Waals surface area contributed by atoms with Crippen molar-refractivity contribution in [1.82, 2.24) is 20.3 Å². The number of pyridine rings is 1. The molecule has 1 N–H and O–H groups in total. The number of aromatic nitrogens is 3. The number of ether oxygens (including phenoxy) is 1. The first kappa shape index (κ1) is 19.5. The number of aryl methyl sites for hydroxylation is 2. The zero-order chi connectivity index (χ0) is 20.4. The molecular formula is C23H26N4O2. The number of benzene rings is 1. The highest BCUT2D eigenvalue weighted by atomic mass is 16.5. The predicted molar refractivity (Wildman–Crippen MR) is 113 cm³/mol. The largest absolute Gasteiger partial charge is 0.379 e. The van der Waals surface area contributed by atoms with Crippen LogP contribution in [0.2, 0.25) is 0 Å². The van der Waals surface area contributed by atoms with Crippen molar-refractivity contribution >= 4 is 16.8 Å². The van der Waals surface area contributed by atoms with Crippen LogP contribution in [-0.2, 0) is 11.2 Å². The van der Waals surface area contributed by atoms with Crippen molar-refractivity contribution < 1.29 is 9.53 Å². The number of nitrogens with one attached hydrogen (secondary N) is 1. The molecule has 3 aromatic rings. The Bertz CT molecular complexity index is 1040. The highest BCUT2D eigenvalue weighted by Crippen LogP contribution is 2.30. The van der Waals surface area contributed by atoms with Gasteiger partial charge < -0.3 is 10.1 Å². The Morgan fingerprint density at radius 1 is 1.24 bits per heavy atom. The van der Waals surface area contributed by atoms with Crippen LogP contribution in [0.1, 0.15) is 47.1 Å². The van der Waals surface area contributed by atoms with E-state index in [0.717, 1.165) is 65.0 Å². The molecular weight excluding hydrogens is 364 g/mol. The maximum absolute atomic E-state index is 13.3. The third kappa shape index (κ3) is 3.98. The van der Waals surface area contributed by atoms with E-state index in [-0.39, 0.29) is 11.9 Å². The molecule has 2 aromatic heterocycles. The Morgan fingerprint density at radius 3 is 2.72 bits per heavy atom. The molecule has 0 aliphatic carbocycles. The highest BCUT2D eigenvalue weighted by Gasteiger charge is 2.23. The quantitative estimate of drug-likeness (QED) is 0.734. The molecule has 1 amide bonds. The normalized spacial score (nSPS) is 16.7. The van der Waals surface area contributed by atoms with E-state index in [0.29, 0.717) is 12.2 Å². The molecule has 0 radical (unpaired) electrons. The van der Waals surface area contributed by atoms with E-state index in [9.17, 15) is 4.79 Å². The topological polar surface area (TPSA) is 77.0 Å². The predicted octanol–water partition coefficient (Wildman–Crippen LogP) is 3.78. The standard InChI is InChI=1S/C23H26N4O2/c1-4-20-24-11-16(12-25-20)22-15(3)21(18-10-14(2)7-8-19(18)27-22)23(28)26-17-6-5-9-29-13-17/h7-8,10-12,17H,4-6,9,13H2,1-3H3,(H,26,28)/t17-/m0/s1. The van der Waals surface area contributed by atoms with Gasteiger partial charge in [-0.25, -0.2) is 15.0 Å². The van der Waals surface area contributed by atoms with E-state index >= 15 is 0 Å². The van der Waals surface area contributed by atoms with Crippen LogP contribution in [0.4, 0.5) is 0 Å². The minimum absolute atomic E-state index is 0.0410. The lowest BCUT2D eigenvalue weighted by atomic mass is 9.96. The second-order valence-corrected chi connectivity index (χ2v) is 7.61. The summed E-state index contributed by atoms with van der Waals surface area (Å²) in [6, 6.07) is 6.05. The van der Waals surface area contributed by atoms with Gasteiger partial charge in [0.05, 0.1) is 29.4 Å². The maximum Gasteiger partial charge on any atom is 0.252 e. The molecule has 1 aromatic carbocycles. The van der Waals surface area contributed by atoms with Gasteiger partial charge in [0.1, 0.15) is 5.82 Å². The van der Waals surface area contributed by atoms with Crippen LogP contribution in [0.25, 0.3) is 22.2 Å². The van der Waals surface area contributed by atoms with Crippen LogP contribution >= 0.6 is 0 Å². The second kappa shape index (κ2) is 8.25. The van der Waals surface area contributed by atoms with Crippen molar-refractivity contribution in [2.45, 2.75) is 46.1 Å². The number of nitrogens with zero attached hydrogens (tertiary/aromatic N) is 3. The summed E-state index contributed by atoms with van der Waals surface area (Å²) in [5.41, 5.74) is 4.95. The zero-order valence-corrected chi connectivity index (χ0v) is 17.2. The minimum Gasteiger partial charge on any atom is -0.379 e. The monoisotopic (exact) mass is 390 g/mol. The third-order valence-corrected chi connectivity index (χ3v) is 5.40. The Morgan fingerprint density at radius 2 is 2.03 bits per heavy atom. The van der Waals surface area contributed by atoms with Gasteiger partial charge in [-0.1, -0.05) is 18.6 Å². The molecule has 6 nitrogen and oxygen atoms in total. The van der Waals surface area contributed by atoms with E-state index < -0.39 is 0 Å². The Kier molecular flexibility index (Phi) is 5.53. The van der Waals surface area contributed by atoms with Gasteiger partial charge in [-0.3, -0.25) is 4.79 Å². The molecule has 6 heteroatoms. The molecule has 1 fully saturated rings. The van der Waals surface area contributed by atoms with Crippen molar-refractivity contribution in [1.29, 1.82) is 0 Å². The molecule has 1 saturated heterocycles. The lowest BCUT2D eigenvalue weighted by Crippen LogP contribution is -2.41. The number of amides is 1. The molecule has 1 atom stereocenters. The van der Waals surface area contributed by atoms with Crippen molar-refractivity contribution in [3.8, 4) is 11.3 Å². The van der Waals surface area contributed by atoms with Crippen LogP contribution in [0, 0.1) is 13.8 Å². The molecule has 0 bridgehead atoms. The average molecular weight is 390 g/mol. The lowest BCUT2D eigenvalue weighted by molar-refractivity contribution is 0.0624. The number of hydrogen-bond donors (Lipinski definition) is 1. The smallest absolute Gasteiger partial charge is 0.252 e. The van der Waals surface area contributed by atoms with Crippen LogP contribution in [0.5, 0.6) is 0 Å². The molecule has 4 rings (SSSR count). The number of rotatable bonds is 4. The Hall–Kier alpha value is -2.86. The second-order valence-electron chi connectivity index (χ2n) is 7.61. The first-order valence-corrected chi connectivity index (χ1v) is 10.2. The zero-order valence-electron chi connectivity index (χ0n) is 17.2. The van der Waals surface area contributed by atoms with Gasteiger partial charge in [0.2, 0.25) is 0 Å². The van der Waals surface area contributed by atoms with Gasteiger partial charge in [0.25, 0.3) is 5.91 Å². The Balaban J connectivity index is 1.82. The molecule has 1 aliphatic rings. The minimum atomic E-state index is -0.0802. The summed E-state index contributed by atoms with van der Waals surface area (Å²) in [5, 5.41) is 4.03.